The minimum Gasteiger partial charge on any atom is -0.490 e. The Balaban J connectivity index is 1.55. The summed E-state index contributed by atoms with van der Waals surface area (Å²) in [6.07, 6.45) is 4.15. The molecule has 0 bridgehead atoms. The average Bonchev–Trinajstić information content (AvgIpc) is 3.33. The summed E-state index contributed by atoms with van der Waals surface area (Å²) < 4.78 is 5.08. The van der Waals surface area contributed by atoms with Crippen LogP contribution in [0.25, 0.3) is 0 Å². The first-order valence-electron chi connectivity index (χ1n) is 8.51. The van der Waals surface area contributed by atoms with E-state index in [4.69, 9.17) is 9.84 Å². The van der Waals surface area contributed by atoms with Crippen molar-refractivity contribution in [2.45, 2.75) is 37.8 Å². The van der Waals surface area contributed by atoms with Gasteiger partial charge < -0.3 is 15.2 Å². The van der Waals surface area contributed by atoms with Gasteiger partial charge in [0.05, 0.1) is 18.6 Å². The molecule has 0 aliphatic heterocycles. The molecule has 8 heteroatoms. The molecule has 1 aromatic rings. The fourth-order valence-corrected chi connectivity index (χ4v) is 3.31. The van der Waals surface area contributed by atoms with Gasteiger partial charge in [-0.25, -0.2) is 0 Å². The Labute approximate surface area is 145 Å². The SMILES string of the molecule is COc1cc(NC2CC(N(CC(=O)O)CC3CC3)C2)ccc1[N+](=O)[O-]. The molecule has 0 saturated heterocycles. The lowest BCUT2D eigenvalue weighted by Gasteiger charge is -2.43. The Morgan fingerprint density at radius 2 is 2.16 bits per heavy atom. The number of hydrogen-bond acceptors (Lipinski definition) is 6. The molecule has 0 amide bonds. The number of carboxylic acid groups (broad SMARTS) is 1. The van der Waals surface area contributed by atoms with Crippen molar-refractivity contribution in [1.29, 1.82) is 0 Å². The smallest absolute Gasteiger partial charge is 0.317 e. The fourth-order valence-electron chi connectivity index (χ4n) is 3.31. The Bertz CT molecular complexity index is 656. The van der Waals surface area contributed by atoms with Crippen LogP contribution in [0.15, 0.2) is 18.2 Å². The number of carbonyl (C=O) groups is 1. The predicted octanol–water partition coefficient (Wildman–Crippen LogP) is 2.34. The van der Waals surface area contributed by atoms with E-state index in [0.717, 1.165) is 25.1 Å². The van der Waals surface area contributed by atoms with Crippen molar-refractivity contribution in [2.24, 2.45) is 5.92 Å². The number of carboxylic acids is 1. The number of hydrogen-bond donors (Lipinski definition) is 2. The first-order valence-corrected chi connectivity index (χ1v) is 8.51. The van der Waals surface area contributed by atoms with Gasteiger partial charge >= 0.3 is 11.7 Å². The minimum absolute atomic E-state index is 0.0587. The zero-order valence-electron chi connectivity index (χ0n) is 14.2. The summed E-state index contributed by atoms with van der Waals surface area (Å²) in [5, 5.41) is 23.4. The van der Waals surface area contributed by atoms with Crippen LogP contribution in [0.3, 0.4) is 0 Å². The van der Waals surface area contributed by atoms with Gasteiger partial charge in [-0.2, -0.15) is 0 Å². The maximum atomic E-state index is 11.1. The molecule has 0 aromatic heterocycles. The zero-order chi connectivity index (χ0) is 18.0. The molecule has 1 aromatic carbocycles. The standard InChI is InChI=1S/C17H23N3O5/c1-25-16-8-12(4-5-15(16)20(23)24)18-13-6-14(7-13)19(10-17(21)22)9-11-2-3-11/h4-5,8,11,13-14,18H,2-3,6-7,9-10H2,1H3,(H,21,22). The van der Waals surface area contributed by atoms with E-state index < -0.39 is 10.9 Å². The second-order valence-corrected chi connectivity index (χ2v) is 6.88. The summed E-state index contributed by atoms with van der Waals surface area (Å²) in [6, 6.07) is 5.26. The van der Waals surface area contributed by atoms with Crippen LogP contribution in [-0.4, -0.2) is 53.2 Å². The van der Waals surface area contributed by atoms with Crippen molar-refractivity contribution in [3.05, 3.63) is 28.3 Å². The first kappa shape index (κ1) is 17.5. The third kappa shape index (κ3) is 4.39. The molecule has 2 aliphatic rings. The molecule has 2 N–H and O–H groups in total. The first-order chi connectivity index (χ1) is 12.0. The van der Waals surface area contributed by atoms with Gasteiger partial charge in [0.25, 0.3) is 0 Å². The molecule has 2 fully saturated rings. The van der Waals surface area contributed by atoms with E-state index in [1.807, 2.05) is 0 Å². The largest absolute Gasteiger partial charge is 0.490 e. The van der Waals surface area contributed by atoms with Crippen LogP contribution in [0.1, 0.15) is 25.7 Å². The molecule has 0 heterocycles. The number of rotatable bonds is 9. The molecule has 0 unspecified atom stereocenters. The molecule has 0 atom stereocenters. The number of nitro benzene ring substituents is 1. The highest BCUT2D eigenvalue weighted by molar-refractivity contribution is 5.69. The number of ether oxygens (including phenoxy) is 1. The second-order valence-electron chi connectivity index (χ2n) is 6.88. The number of nitrogens with zero attached hydrogens (tertiary/aromatic N) is 2. The molecular weight excluding hydrogens is 326 g/mol. The summed E-state index contributed by atoms with van der Waals surface area (Å²) in [4.78, 5) is 23.6. The van der Waals surface area contributed by atoms with Crippen molar-refractivity contribution in [2.75, 3.05) is 25.5 Å². The highest BCUT2D eigenvalue weighted by atomic mass is 16.6. The summed E-state index contributed by atoms with van der Waals surface area (Å²) in [5.74, 6) is 0.106. The molecule has 0 radical (unpaired) electrons. The zero-order valence-corrected chi connectivity index (χ0v) is 14.2. The van der Waals surface area contributed by atoms with Crippen LogP contribution in [0.4, 0.5) is 11.4 Å². The lowest BCUT2D eigenvalue weighted by Crippen LogP contribution is -2.52. The van der Waals surface area contributed by atoms with E-state index in [-0.39, 0.29) is 30.1 Å². The van der Waals surface area contributed by atoms with Crippen molar-refractivity contribution < 1.29 is 19.6 Å². The Morgan fingerprint density at radius 1 is 1.44 bits per heavy atom. The van der Waals surface area contributed by atoms with Gasteiger partial charge in [-0.05, 0) is 37.7 Å². The van der Waals surface area contributed by atoms with E-state index >= 15 is 0 Å². The van der Waals surface area contributed by atoms with Crippen LogP contribution < -0.4 is 10.1 Å². The summed E-state index contributed by atoms with van der Waals surface area (Å²) in [5.41, 5.74) is 0.717. The predicted molar refractivity (Wildman–Crippen MR) is 92.0 cm³/mol. The van der Waals surface area contributed by atoms with Crippen molar-refractivity contribution in [3.63, 3.8) is 0 Å². The number of nitro groups is 1. The monoisotopic (exact) mass is 349 g/mol. The minimum atomic E-state index is -0.780. The third-order valence-corrected chi connectivity index (χ3v) is 4.90. The fraction of sp³-hybridized carbons (Fsp3) is 0.588. The highest BCUT2D eigenvalue weighted by Gasteiger charge is 2.37. The number of anilines is 1. The van der Waals surface area contributed by atoms with Gasteiger partial charge in [-0.15, -0.1) is 0 Å². The molecule has 2 aliphatic carbocycles. The lowest BCUT2D eigenvalue weighted by atomic mass is 9.85. The normalized spacial score (nSPS) is 22.3. The molecule has 2 saturated carbocycles. The Hall–Kier alpha value is -2.35. The summed E-state index contributed by atoms with van der Waals surface area (Å²) in [7, 11) is 1.41. The van der Waals surface area contributed by atoms with Gasteiger partial charge in [0.15, 0.2) is 5.75 Å². The Morgan fingerprint density at radius 3 is 2.72 bits per heavy atom. The second kappa shape index (κ2) is 7.26. The number of benzene rings is 1. The van der Waals surface area contributed by atoms with Gasteiger partial charge in [0, 0.05) is 36.4 Å². The van der Waals surface area contributed by atoms with E-state index in [1.54, 1.807) is 12.1 Å². The third-order valence-electron chi connectivity index (χ3n) is 4.90. The molecular formula is C17H23N3O5. The number of methoxy groups -OCH3 is 1. The van der Waals surface area contributed by atoms with Gasteiger partial charge in [-0.1, -0.05) is 0 Å². The summed E-state index contributed by atoms with van der Waals surface area (Å²) in [6.45, 7) is 0.967. The molecule has 8 nitrogen and oxygen atoms in total. The van der Waals surface area contributed by atoms with Crippen molar-refractivity contribution >= 4 is 17.3 Å². The maximum absolute atomic E-state index is 11.1. The van der Waals surface area contributed by atoms with E-state index in [2.05, 4.69) is 10.2 Å². The maximum Gasteiger partial charge on any atom is 0.317 e. The quantitative estimate of drug-likeness (QED) is 0.521. The lowest BCUT2D eigenvalue weighted by molar-refractivity contribution is -0.385. The van der Waals surface area contributed by atoms with Gasteiger partial charge in [-0.3, -0.25) is 19.8 Å². The number of aliphatic carboxylic acids is 1. The van der Waals surface area contributed by atoms with Crippen LogP contribution in [0.2, 0.25) is 0 Å². The molecule has 3 rings (SSSR count). The van der Waals surface area contributed by atoms with Gasteiger partial charge in [0.1, 0.15) is 0 Å². The topological polar surface area (TPSA) is 105 Å². The van der Waals surface area contributed by atoms with E-state index in [9.17, 15) is 14.9 Å². The summed E-state index contributed by atoms with van der Waals surface area (Å²) >= 11 is 0. The molecule has 25 heavy (non-hydrogen) atoms. The number of nitrogens with one attached hydrogen (secondary N) is 1. The van der Waals surface area contributed by atoms with Crippen LogP contribution in [0, 0.1) is 16.0 Å². The van der Waals surface area contributed by atoms with E-state index in [0.29, 0.717) is 5.92 Å². The van der Waals surface area contributed by atoms with Gasteiger partial charge in [0.2, 0.25) is 0 Å². The average molecular weight is 349 g/mol. The molecule has 136 valence electrons. The van der Waals surface area contributed by atoms with Crippen LogP contribution >= 0.6 is 0 Å². The van der Waals surface area contributed by atoms with Crippen LogP contribution in [-0.2, 0) is 4.79 Å². The van der Waals surface area contributed by atoms with E-state index in [1.165, 1.54) is 26.0 Å². The highest BCUT2D eigenvalue weighted by Crippen LogP contribution is 2.36. The van der Waals surface area contributed by atoms with Crippen molar-refractivity contribution in [3.8, 4) is 5.75 Å². The van der Waals surface area contributed by atoms with Crippen molar-refractivity contribution in [1.82, 2.24) is 4.90 Å². The Kier molecular flexibility index (Phi) is 5.08. The molecule has 0 spiro atoms. The van der Waals surface area contributed by atoms with Crippen LogP contribution in [0.5, 0.6) is 5.75 Å².